The van der Waals surface area contributed by atoms with E-state index in [1.54, 1.807) is 13.2 Å². The second-order valence-corrected chi connectivity index (χ2v) is 7.65. The molecule has 0 radical (unpaired) electrons. The number of nitrogens with one attached hydrogen (secondary N) is 2. The summed E-state index contributed by atoms with van der Waals surface area (Å²) in [6.07, 6.45) is 7.17. The Morgan fingerprint density at radius 1 is 1.00 bits per heavy atom. The van der Waals surface area contributed by atoms with E-state index >= 15 is 0 Å². The van der Waals surface area contributed by atoms with Gasteiger partial charge in [0.2, 0.25) is 5.91 Å². The summed E-state index contributed by atoms with van der Waals surface area (Å²) in [7, 11) is 1.77. The third-order valence-corrected chi connectivity index (χ3v) is 5.41. The van der Waals surface area contributed by atoms with Gasteiger partial charge in [0, 0.05) is 57.7 Å². The Morgan fingerprint density at radius 3 is 2.19 bits per heavy atom. The number of benzene rings is 2. The third-order valence-electron chi connectivity index (χ3n) is 5.41. The van der Waals surface area contributed by atoms with Crippen molar-refractivity contribution in [3.63, 3.8) is 0 Å². The highest BCUT2D eigenvalue weighted by Gasteiger charge is 2.21. The summed E-state index contributed by atoms with van der Waals surface area (Å²) in [6, 6.07) is 16.7. The van der Waals surface area contributed by atoms with Gasteiger partial charge in [-0.1, -0.05) is 36.4 Å². The standard InChI is InChI=1S/C24H28N6O/c1-25-24(27-15-19-4-6-21(7-5-19)17-29-14-12-26-18-29)28-16-20-8-10-22(11-9-20)30-13-2-3-23(30)31/h4-12,14,18H,2-3,13,15-17H2,1H3,(H2,25,27,28). The Balaban J connectivity index is 1.24. The van der Waals surface area contributed by atoms with E-state index in [1.807, 2.05) is 29.6 Å². The fraction of sp³-hybridized carbons (Fsp3) is 0.292. The molecule has 0 spiro atoms. The number of nitrogens with zero attached hydrogens (tertiary/aromatic N) is 4. The molecule has 3 aromatic rings. The van der Waals surface area contributed by atoms with E-state index in [4.69, 9.17) is 0 Å². The Kier molecular flexibility index (Phi) is 6.62. The second kappa shape index (κ2) is 9.93. The maximum atomic E-state index is 11.9. The van der Waals surface area contributed by atoms with Crippen molar-refractivity contribution in [3.05, 3.63) is 83.9 Å². The van der Waals surface area contributed by atoms with Crippen LogP contribution >= 0.6 is 0 Å². The number of hydrogen-bond donors (Lipinski definition) is 2. The van der Waals surface area contributed by atoms with Crippen molar-refractivity contribution < 1.29 is 4.79 Å². The lowest BCUT2D eigenvalue weighted by molar-refractivity contribution is -0.117. The van der Waals surface area contributed by atoms with Gasteiger partial charge in [-0.05, 0) is 35.2 Å². The van der Waals surface area contributed by atoms with E-state index in [2.05, 4.69) is 61.6 Å². The van der Waals surface area contributed by atoms with Crippen molar-refractivity contribution in [1.29, 1.82) is 0 Å². The minimum absolute atomic E-state index is 0.213. The molecule has 7 nitrogen and oxygen atoms in total. The van der Waals surface area contributed by atoms with Gasteiger partial charge in [-0.15, -0.1) is 0 Å². The summed E-state index contributed by atoms with van der Waals surface area (Å²) in [5.41, 5.74) is 4.55. The van der Waals surface area contributed by atoms with Gasteiger partial charge in [-0.25, -0.2) is 4.98 Å². The number of guanidine groups is 1. The summed E-state index contributed by atoms with van der Waals surface area (Å²) in [6.45, 7) is 3.00. The molecule has 7 heteroatoms. The number of amides is 1. The highest BCUT2D eigenvalue weighted by atomic mass is 16.2. The number of aliphatic imine (C=N–C) groups is 1. The summed E-state index contributed by atoms with van der Waals surface area (Å²) < 4.78 is 2.05. The summed E-state index contributed by atoms with van der Waals surface area (Å²) in [5.74, 6) is 0.964. The normalized spacial score (nSPS) is 14.2. The Bertz CT molecular complexity index is 1010. The quantitative estimate of drug-likeness (QED) is 0.459. The SMILES string of the molecule is CN=C(NCc1ccc(Cn2ccnc2)cc1)NCc1ccc(N2CCCC2=O)cc1. The Labute approximate surface area is 182 Å². The van der Waals surface area contributed by atoms with Crippen LogP contribution in [0.3, 0.4) is 0 Å². The molecular formula is C24H28N6O. The Hall–Kier alpha value is -3.61. The molecule has 4 rings (SSSR count). The van der Waals surface area contributed by atoms with Crippen molar-refractivity contribution in [1.82, 2.24) is 20.2 Å². The highest BCUT2D eigenvalue weighted by Crippen LogP contribution is 2.21. The average molecular weight is 417 g/mol. The molecule has 0 saturated carbocycles. The van der Waals surface area contributed by atoms with E-state index in [0.29, 0.717) is 19.5 Å². The van der Waals surface area contributed by atoms with E-state index in [-0.39, 0.29) is 5.91 Å². The number of aromatic nitrogens is 2. The van der Waals surface area contributed by atoms with Crippen molar-refractivity contribution in [3.8, 4) is 0 Å². The minimum Gasteiger partial charge on any atom is -0.352 e. The molecule has 0 aliphatic carbocycles. The zero-order valence-electron chi connectivity index (χ0n) is 17.8. The second-order valence-electron chi connectivity index (χ2n) is 7.65. The molecule has 1 saturated heterocycles. The summed E-state index contributed by atoms with van der Waals surface area (Å²) in [4.78, 5) is 22.1. The molecule has 0 atom stereocenters. The molecule has 1 aromatic heterocycles. The van der Waals surface area contributed by atoms with Crippen molar-refractivity contribution in [2.45, 2.75) is 32.5 Å². The first-order valence-electron chi connectivity index (χ1n) is 10.6. The molecule has 1 aliphatic heterocycles. The molecule has 2 heterocycles. The monoisotopic (exact) mass is 416 g/mol. The number of imidazole rings is 1. The van der Waals surface area contributed by atoms with Crippen LogP contribution in [-0.4, -0.2) is 35.0 Å². The van der Waals surface area contributed by atoms with Gasteiger partial charge in [-0.3, -0.25) is 9.79 Å². The smallest absolute Gasteiger partial charge is 0.227 e. The predicted octanol–water partition coefficient (Wildman–Crippen LogP) is 2.92. The summed E-state index contributed by atoms with van der Waals surface area (Å²) in [5, 5.41) is 6.70. The first-order chi connectivity index (χ1) is 15.2. The van der Waals surface area contributed by atoms with Crippen LogP contribution in [0.25, 0.3) is 0 Å². The molecule has 31 heavy (non-hydrogen) atoms. The van der Waals surface area contributed by atoms with Gasteiger partial charge >= 0.3 is 0 Å². The topological polar surface area (TPSA) is 74.6 Å². The molecule has 2 aromatic carbocycles. The number of rotatable bonds is 7. The van der Waals surface area contributed by atoms with Crippen LogP contribution in [0.1, 0.15) is 29.5 Å². The Morgan fingerprint density at radius 2 is 1.65 bits per heavy atom. The van der Waals surface area contributed by atoms with Crippen LogP contribution in [0.2, 0.25) is 0 Å². The van der Waals surface area contributed by atoms with Gasteiger partial charge in [0.1, 0.15) is 0 Å². The molecule has 0 bridgehead atoms. The van der Waals surface area contributed by atoms with Crippen LogP contribution in [0, 0.1) is 0 Å². The maximum absolute atomic E-state index is 11.9. The zero-order chi connectivity index (χ0) is 21.5. The number of hydrogen-bond acceptors (Lipinski definition) is 3. The number of anilines is 1. The maximum Gasteiger partial charge on any atom is 0.227 e. The lowest BCUT2D eigenvalue weighted by Crippen LogP contribution is -2.36. The first kappa shape index (κ1) is 20.7. The molecule has 2 N–H and O–H groups in total. The molecule has 1 aliphatic rings. The summed E-state index contributed by atoms with van der Waals surface area (Å²) >= 11 is 0. The van der Waals surface area contributed by atoms with Gasteiger partial charge in [0.05, 0.1) is 6.33 Å². The van der Waals surface area contributed by atoms with E-state index in [9.17, 15) is 4.79 Å². The van der Waals surface area contributed by atoms with Crippen LogP contribution in [0.5, 0.6) is 0 Å². The van der Waals surface area contributed by atoms with E-state index < -0.39 is 0 Å². The zero-order valence-corrected chi connectivity index (χ0v) is 17.8. The fourth-order valence-corrected chi connectivity index (χ4v) is 3.66. The first-order valence-corrected chi connectivity index (χ1v) is 10.6. The van der Waals surface area contributed by atoms with Crippen LogP contribution in [0.4, 0.5) is 5.69 Å². The fourth-order valence-electron chi connectivity index (χ4n) is 3.66. The molecule has 0 unspecified atom stereocenters. The molecule has 1 amide bonds. The van der Waals surface area contributed by atoms with Crippen molar-refractivity contribution in [2.24, 2.45) is 4.99 Å². The van der Waals surface area contributed by atoms with Crippen LogP contribution in [0.15, 0.2) is 72.2 Å². The highest BCUT2D eigenvalue weighted by molar-refractivity contribution is 5.95. The van der Waals surface area contributed by atoms with Gasteiger partial charge in [-0.2, -0.15) is 0 Å². The minimum atomic E-state index is 0.213. The van der Waals surface area contributed by atoms with E-state index in [0.717, 1.165) is 36.7 Å². The lowest BCUT2D eigenvalue weighted by atomic mass is 10.1. The average Bonchev–Trinajstić information content (AvgIpc) is 3.47. The van der Waals surface area contributed by atoms with Crippen molar-refractivity contribution in [2.75, 3.05) is 18.5 Å². The molecule has 1 fully saturated rings. The molecule has 160 valence electrons. The van der Waals surface area contributed by atoms with E-state index in [1.165, 1.54) is 11.1 Å². The van der Waals surface area contributed by atoms with Crippen LogP contribution in [-0.2, 0) is 24.4 Å². The van der Waals surface area contributed by atoms with Gasteiger partial charge < -0.3 is 20.1 Å². The van der Waals surface area contributed by atoms with Gasteiger partial charge in [0.15, 0.2) is 5.96 Å². The lowest BCUT2D eigenvalue weighted by Gasteiger charge is -2.16. The molecular weight excluding hydrogens is 388 g/mol. The number of carbonyl (C=O) groups is 1. The van der Waals surface area contributed by atoms with Crippen molar-refractivity contribution >= 4 is 17.6 Å². The van der Waals surface area contributed by atoms with Gasteiger partial charge in [0.25, 0.3) is 0 Å². The largest absolute Gasteiger partial charge is 0.352 e. The number of carbonyl (C=O) groups excluding carboxylic acids is 1. The van der Waals surface area contributed by atoms with Crippen LogP contribution < -0.4 is 15.5 Å². The third kappa shape index (κ3) is 5.51. The predicted molar refractivity (Wildman–Crippen MR) is 123 cm³/mol.